The smallest absolute Gasteiger partial charge is 0.251 e. The van der Waals surface area contributed by atoms with E-state index in [1.54, 1.807) is 18.3 Å². The van der Waals surface area contributed by atoms with E-state index in [0.29, 0.717) is 25.1 Å². The predicted octanol–water partition coefficient (Wildman–Crippen LogP) is 5.55. The van der Waals surface area contributed by atoms with Crippen molar-refractivity contribution in [1.82, 2.24) is 20.2 Å². The van der Waals surface area contributed by atoms with E-state index in [9.17, 15) is 15.0 Å². The molecule has 1 atom stereocenters. The molecule has 0 aliphatic heterocycles. The maximum Gasteiger partial charge on any atom is 0.251 e. The Morgan fingerprint density at radius 1 is 0.951 bits per heavy atom. The zero-order chi connectivity index (χ0) is 29.8. The quantitative estimate of drug-likeness (QED) is 0.195. The normalized spacial score (nSPS) is 12.8. The second kappa shape index (κ2) is 12.3. The number of phenols is 1. The summed E-state index contributed by atoms with van der Waals surface area (Å²) in [5, 5.41) is 27.0. The summed E-state index contributed by atoms with van der Waals surface area (Å²) in [6, 6.07) is 22.7. The van der Waals surface area contributed by atoms with Gasteiger partial charge in [0, 0.05) is 52.8 Å². The lowest BCUT2D eigenvalue weighted by Crippen LogP contribution is -2.43. The molecule has 4 aromatic rings. The number of carbonyl (C=O) groups excluding carboxylic acids is 1. The van der Waals surface area contributed by atoms with Gasteiger partial charge in [0.15, 0.2) is 0 Å². The lowest BCUT2D eigenvalue weighted by atomic mass is 9.84. The molecule has 7 nitrogen and oxygen atoms in total. The first-order valence-corrected chi connectivity index (χ1v) is 14.1. The lowest BCUT2D eigenvalue weighted by Gasteiger charge is -2.28. The van der Waals surface area contributed by atoms with E-state index in [4.69, 9.17) is 0 Å². The zero-order valence-corrected chi connectivity index (χ0v) is 24.9. The van der Waals surface area contributed by atoms with Crippen molar-refractivity contribution in [3.63, 3.8) is 0 Å². The predicted molar refractivity (Wildman–Crippen MR) is 164 cm³/mol. The first-order chi connectivity index (χ1) is 19.3. The largest absolute Gasteiger partial charge is 0.508 e. The van der Waals surface area contributed by atoms with Crippen molar-refractivity contribution < 1.29 is 15.0 Å². The van der Waals surface area contributed by atoms with Crippen LogP contribution in [0.3, 0.4) is 0 Å². The van der Waals surface area contributed by atoms with Crippen LogP contribution in [0.5, 0.6) is 5.75 Å². The number of nitrogens with one attached hydrogen (secondary N) is 2. The van der Waals surface area contributed by atoms with Crippen LogP contribution in [-0.2, 0) is 11.8 Å². The van der Waals surface area contributed by atoms with Crippen molar-refractivity contribution in [3.05, 3.63) is 113 Å². The first-order valence-electron chi connectivity index (χ1n) is 14.1. The highest BCUT2D eigenvalue weighted by Gasteiger charge is 2.23. The minimum atomic E-state index is -0.697. The molecule has 0 fully saturated rings. The van der Waals surface area contributed by atoms with E-state index < -0.39 is 6.10 Å². The van der Waals surface area contributed by atoms with Crippen LogP contribution in [0.15, 0.2) is 79.0 Å². The molecule has 0 aliphatic rings. The Labute approximate surface area is 243 Å². The second-order valence-electron chi connectivity index (χ2n) is 12.2. The summed E-state index contributed by atoms with van der Waals surface area (Å²) in [6.07, 6.45) is 1.72. The number of carbonyl (C=O) groups is 1. The van der Waals surface area contributed by atoms with Crippen LogP contribution in [-0.4, -0.2) is 44.3 Å². The summed E-state index contributed by atoms with van der Waals surface area (Å²) in [5.74, 6) is 0.935. The number of nitrogens with zero attached hydrogens (tertiary/aromatic N) is 2. The molecule has 0 saturated heterocycles. The number of aryl methyl sites for hydroxylation is 2. The summed E-state index contributed by atoms with van der Waals surface area (Å²) < 4.78 is 2.09. The van der Waals surface area contributed by atoms with Crippen LogP contribution in [0.2, 0.25) is 0 Å². The summed E-state index contributed by atoms with van der Waals surface area (Å²) >= 11 is 0. The zero-order valence-electron chi connectivity index (χ0n) is 24.9. The topological polar surface area (TPSA) is 99.4 Å². The molecule has 0 unspecified atom stereocenters. The monoisotopic (exact) mass is 554 g/mol. The van der Waals surface area contributed by atoms with Gasteiger partial charge in [-0.15, -0.1) is 0 Å². The van der Waals surface area contributed by atoms with Gasteiger partial charge in [-0.3, -0.25) is 4.79 Å². The molecule has 1 amide bonds. The summed E-state index contributed by atoms with van der Waals surface area (Å²) in [5.41, 5.74) is 5.07. The van der Waals surface area contributed by atoms with Crippen LogP contribution in [0.1, 0.15) is 72.2 Å². The molecule has 2 aromatic heterocycles. The number of aromatic hydroxyl groups is 1. The van der Waals surface area contributed by atoms with Crippen molar-refractivity contribution in [2.24, 2.45) is 0 Å². The Morgan fingerprint density at radius 2 is 1.63 bits per heavy atom. The first kappa shape index (κ1) is 30.0. The second-order valence-corrected chi connectivity index (χ2v) is 12.2. The molecular weight excluding hydrogens is 512 g/mol. The van der Waals surface area contributed by atoms with Crippen LogP contribution < -0.4 is 10.6 Å². The molecular formula is C34H42N4O3. The maximum absolute atomic E-state index is 13.0. The lowest BCUT2D eigenvalue weighted by molar-refractivity contribution is 0.0945. The van der Waals surface area contributed by atoms with Crippen molar-refractivity contribution in [2.75, 3.05) is 13.1 Å². The van der Waals surface area contributed by atoms with E-state index in [0.717, 1.165) is 33.9 Å². The number of amides is 1. The van der Waals surface area contributed by atoms with Crippen LogP contribution in [0, 0.1) is 13.8 Å². The van der Waals surface area contributed by atoms with Gasteiger partial charge in [-0.1, -0.05) is 44.2 Å². The molecule has 41 heavy (non-hydrogen) atoms. The van der Waals surface area contributed by atoms with Gasteiger partial charge in [0.2, 0.25) is 0 Å². The van der Waals surface area contributed by atoms with E-state index in [1.165, 1.54) is 0 Å². The number of β-amino-alcohol motifs (C(OH)–C–C–N with tert-alkyl or cyclic N) is 1. The van der Waals surface area contributed by atoms with Gasteiger partial charge in [0.05, 0.1) is 6.10 Å². The number of pyridine rings is 1. The van der Waals surface area contributed by atoms with E-state index in [2.05, 4.69) is 60.0 Å². The third-order valence-corrected chi connectivity index (χ3v) is 7.60. The number of aliphatic hydroxyl groups is 1. The van der Waals surface area contributed by atoms with Crippen LogP contribution in [0.4, 0.5) is 0 Å². The fourth-order valence-corrected chi connectivity index (χ4v) is 5.06. The number of hydrogen-bond donors (Lipinski definition) is 4. The molecule has 2 aromatic carbocycles. The number of aliphatic hydroxyl groups excluding tert-OH is 1. The van der Waals surface area contributed by atoms with Crippen molar-refractivity contribution in [2.45, 2.75) is 65.0 Å². The number of aromatic nitrogens is 2. The van der Waals surface area contributed by atoms with Gasteiger partial charge in [-0.05, 0) is 87.7 Å². The average Bonchev–Trinajstić information content (AvgIpc) is 3.28. The standard InChI is InChI=1S/C34H42N4O3/c1-23-10-11-24(2)38(23)31-17-12-27(20-35-31)30(40)21-37-34(5,6)19-25-8-7-9-26(18-25)32(41)36-22-33(3,4)28-13-15-29(39)16-14-28/h7-18,20,30,37,39-40H,19,21-22H2,1-6H3,(H,36,41)/t30-/m1/s1. The van der Waals surface area contributed by atoms with Crippen molar-refractivity contribution >= 4 is 5.91 Å². The minimum absolute atomic E-state index is 0.124. The molecule has 4 N–H and O–H groups in total. The molecule has 0 bridgehead atoms. The molecule has 0 radical (unpaired) electrons. The number of hydrogen-bond acceptors (Lipinski definition) is 5. The van der Waals surface area contributed by atoms with Gasteiger partial charge in [0.25, 0.3) is 5.91 Å². The van der Waals surface area contributed by atoms with Crippen LogP contribution in [0.25, 0.3) is 5.82 Å². The van der Waals surface area contributed by atoms with Crippen LogP contribution >= 0.6 is 0 Å². The Kier molecular flexibility index (Phi) is 9.00. The van der Waals surface area contributed by atoms with Gasteiger partial charge in [-0.25, -0.2) is 4.98 Å². The Hall–Kier alpha value is -3.94. The molecule has 7 heteroatoms. The SMILES string of the molecule is Cc1ccc(C)n1-c1ccc([C@H](O)CNC(C)(C)Cc2cccc(C(=O)NCC(C)(C)c3ccc(O)cc3)c2)cn1. The number of phenolic OH excluding ortho intramolecular Hbond substituents is 1. The third-order valence-electron chi connectivity index (χ3n) is 7.60. The highest BCUT2D eigenvalue weighted by molar-refractivity contribution is 5.94. The van der Waals surface area contributed by atoms with E-state index >= 15 is 0 Å². The fourth-order valence-electron chi connectivity index (χ4n) is 5.06. The van der Waals surface area contributed by atoms with E-state index in [1.807, 2.05) is 62.4 Å². The number of rotatable bonds is 11. The molecule has 4 rings (SSSR count). The number of benzene rings is 2. The van der Waals surface area contributed by atoms with E-state index in [-0.39, 0.29) is 22.6 Å². The summed E-state index contributed by atoms with van der Waals surface area (Å²) in [7, 11) is 0. The highest BCUT2D eigenvalue weighted by atomic mass is 16.3. The maximum atomic E-state index is 13.0. The highest BCUT2D eigenvalue weighted by Crippen LogP contribution is 2.25. The van der Waals surface area contributed by atoms with Gasteiger partial charge in [-0.2, -0.15) is 0 Å². The van der Waals surface area contributed by atoms with Crippen molar-refractivity contribution in [1.29, 1.82) is 0 Å². The summed E-state index contributed by atoms with van der Waals surface area (Å²) in [4.78, 5) is 17.6. The van der Waals surface area contributed by atoms with Crippen molar-refractivity contribution in [3.8, 4) is 11.6 Å². The Bertz CT molecular complexity index is 1450. The molecule has 0 aliphatic carbocycles. The summed E-state index contributed by atoms with van der Waals surface area (Å²) in [6.45, 7) is 13.2. The third kappa shape index (κ3) is 7.63. The molecule has 216 valence electrons. The molecule has 0 saturated carbocycles. The van der Waals surface area contributed by atoms with Gasteiger partial charge >= 0.3 is 0 Å². The Balaban J connectivity index is 1.32. The Morgan fingerprint density at radius 3 is 2.27 bits per heavy atom. The van der Waals surface area contributed by atoms with Gasteiger partial charge in [0.1, 0.15) is 11.6 Å². The minimum Gasteiger partial charge on any atom is -0.508 e. The molecule has 2 heterocycles. The fraction of sp³-hybridized carbons (Fsp3) is 0.353. The molecule has 0 spiro atoms. The van der Waals surface area contributed by atoms with Gasteiger partial charge < -0.3 is 25.4 Å². The average molecular weight is 555 g/mol.